The largest absolute Gasteiger partial charge is 0.598 e. The number of hydrogen-bond acceptors (Lipinski definition) is 4. The van der Waals surface area contributed by atoms with Crippen molar-refractivity contribution in [2.24, 2.45) is 0 Å². The molecular formula is C18H21FN4OS. The molecule has 1 N–H and O–H groups in total. The molecule has 3 rings (SSSR count). The molecule has 2 unspecified atom stereocenters. The molecule has 0 saturated carbocycles. The number of aromatic nitrogens is 3. The third-order valence-corrected chi connectivity index (χ3v) is 5.51. The van der Waals surface area contributed by atoms with Crippen LogP contribution in [0, 0.1) is 5.82 Å². The Bertz CT molecular complexity index is 873. The summed E-state index contributed by atoms with van der Waals surface area (Å²) in [5.41, 5.74) is 2.40. The Morgan fingerprint density at radius 3 is 2.52 bits per heavy atom. The second kappa shape index (κ2) is 6.74. The van der Waals surface area contributed by atoms with Crippen LogP contribution in [0.2, 0.25) is 0 Å². The lowest BCUT2D eigenvalue weighted by atomic mass is 10.2. The van der Waals surface area contributed by atoms with Gasteiger partial charge in [-0.15, -0.1) is 4.72 Å². The minimum absolute atomic E-state index is 0.154. The van der Waals surface area contributed by atoms with Gasteiger partial charge < -0.3 is 4.55 Å². The second-order valence-corrected chi connectivity index (χ2v) is 8.92. The first-order valence-corrected chi connectivity index (χ1v) is 9.18. The average molecular weight is 360 g/mol. The van der Waals surface area contributed by atoms with E-state index in [1.165, 1.54) is 12.1 Å². The fourth-order valence-corrected chi connectivity index (χ4v) is 3.16. The zero-order valence-electron chi connectivity index (χ0n) is 14.7. The summed E-state index contributed by atoms with van der Waals surface area (Å²) in [6.45, 7) is 7.70. The first-order valence-electron chi connectivity index (χ1n) is 8.03. The minimum Gasteiger partial charge on any atom is -0.598 e. The van der Waals surface area contributed by atoms with Crippen LogP contribution in [-0.4, -0.2) is 24.1 Å². The first-order chi connectivity index (χ1) is 11.8. The normalized spacial score (nSPS) is 14.6. The van der Waals surface area contributed by atoms with Crippen molar-refractivity contribution in [2.75, 3.05) is 0 Å². The maximum atomic E-state index is 13.1. The highest BCUT2D eigenvalue weighted by Crippen LogP contribution is 2.23. The van der Waals surface area contributed by atoms with E-state index in [1.54, 1.807) is 29.2 Å². The van der Waals surface area contributed by atoms with Crippen molar-refractivity contribution in [1.82, 2.24) is 19.5 Å². The van der Waals surface area contributed by atoms with E-state index >= 15 is 0 Å². The fraction of sp³-hybridized carbons (Fsp3) is 0.333. The van der Waals surface area contributed by atoms with Gasteiger partial charge in [-0.1, -0.05) is 0 Å². The van der Waals surface area contributed by atoms with E-state index < -0.39 is 11.4 Å². The van der Waals surface area contributed by atoms with Crippen LogP contribution >= 0.6 is 0 Å². The van der Waals surface area contributed by atoms with Crippen molar-refractivity contribution in [2.45, 2.75) is 38.5 Å². The monoisotopic (exact) mass is 360 g/mol. The topological polar surface area (TPSA) is 65.8 Å². The van der Waals surface area contributed by atoms with E-state index in [1.807, 2.05) is 33.8 Å². The van der Waals surface area contributed by atoms with Crippen molar-refractivity contribution in [1.29, 1.82) is 0 Å². The Balaban J connectivity index is 1.88. The molecule has 7 heteroatoms. The zero-order chi connectivity index (χ0) is 18.2. The van der Waals surface area contributed by atoms with Crippen LogP contribution in [0.15, 0.2) is 42.7 Å². The van der Waals surface area contributed by atoms with E-state index in [4.69, 9.17) is 0 Å². The number of hydrogen-bond donors (Lipinski definition) is 1. The van der Waals surface area contributed by atoms with Crippen molar-refractivity contribution in [3.63, 3.8) is 0 Å². The zero-order valence-corrected chi connectivity index (χ0v) is 15.5. The number of fused-ring (bicyclic) bond motifs is 1. The molecule has 0 saturated heterocycles. The molecule has 0 fully saturated rings. The van der Waals surface area contributed by atoms with E-state index in [0.29, 0.717) is 0 Å². The Hall–Kier alpha value is -1.96. The third kappa shape index (κ3) is 3.84. The molecule has 0 bridgehead atoms. The fourth-order valence-electron chi connectivity index (χ4n) is 2.37. The van der Waals surface area contributed by atoms with Crippen LogP contribution in [0.5, 0.6) is 0 Å². The Morgan fingerprint density at radius 1 is 1.20 bits per heavy atom. The molecule has 0 aliphatic rings. The highest BCUT2D eigenvalue weighted by molar-refractivity contribution is 7.90. The predicted octanol–water partition coefficient (Wildman–Crippen LogP) is 3.67. The number of benzene rings is 1. The van der Waals surface area contributed by atoms with Crippen molar-refractivity contribution >= 4 is 22.3 Å². The van der Waals surface area contributed by atoms with Crippen molar-refractivity contribution < 1.29 is 8.94 Å². The van der Waals surface area contributed by atoms with Gasteiger partial charge in [0.25, 0.3) is 0 Å². The SMILES string of the molecule is CC(N[S+]([O-])C(C)(C)C)c1cc2cnn(-c3ccc(F)cc3)c2cn1. The Kier molecular flexibility index (Phi) is 4.81. The molecule has 25 heavy (non-hydrogen) atoms. The molecule has 0 amide bonds. The van der Waals surface area contributed by atoms with Crippen LogP contribution in [0.4, 0.5) is 4.39 Å². The molecule has 1 aromatic carbocycles. The van der Waals surface area contributed by atoms with Gasteiger partial charge in [-0.2, -0.15) is 5.10 Å². The predicted molar refractivity (Wildman–Crippen MR) is 98.3 cm³/mol. The number of nitrogens with zero attached hydrogens (tertiary/aromatic N) is 3. The molecule has 2 aromatic heterocycles. The van der Waals surface area contributed by atoms with Gasteiger partial charge >= 0.3 is 0 Å². The molecular weight excluding hydrogens is 339 g/mol. The standard InChI is InChI=1S/C18H21FN4OS/c1-12(22-25(24)18(2,3)4)16-9-13-10-21-23(17(13)11-20-16)15-7-5-14(19)6-8-15/h5-12,22H,1-4H3. The summed E-state index contributed by atoms with van der Waals surface area (Å²) in [5.74, 6) is -0.285. The van der Waals surface area contributed by atoms with Gasteiger partial charge in [0.05, 0.1) is 35.3 Å². The molecule has 132 valence electrons. The quantitative estimate of drug-likeness (QED) is 0.721. The van der Waals surface area contributed by atoms with Crippen LogP contribution in [-0.2, 0) is 11.4 Å². The molecule has 0 aliphatic carbocycles. The summed E-state index contributed by atoms with van der Waals surface area (Å²) in [6, 6.07) is 7.92. The summed E-state index contributed by atoms with van der Waals surface area (Å²) in [6.07, 6.45) is 3.48. The van der Waals surface area contributed by atoms with Gasteiger partial charge in [-0.05, 0) is 58.0 Å². The van der Waals surface area contributed by atoms with Gasteiger partial charge in [-0.3, -0.25) is 4.98 Å². The third-order valence-electron chi connectivity index (χ3n) is 3.83. The van der Waals surface area contributed by atoms with Crippen molar-refractivity contribution in [3.8, 4) is 5.69 Å². The lowest BCUT2D eigenvalue weighted by Crippen LogP contribution is -2.40. The highest BCUT2D eigenvalue weighted by Gasteiger charge is 2.28. The lowest BCUT2D eigenvalue weighted by molar-refractivity contribution is 0.529. The summed E-state index contributed by atoms with van der Waals surface area (Å²) in [4.78, 5) is 4.49. The molecule has 0 aliphatic heterocycles. The molecule has 2 heterocycles. The van der Waals surface area contributed by atoms with Gasteiger partial charge in [0, 0.05) is 16.7 Å². The Morgan fingerprint density at radius 2 is 1.88 bits per heavy atom. The Labute approximate surface area is 149 Å². The van der Waals surface area contributed by atoms with E-state index in [0.717, 1.165) is 22.3 Å². The van der Waals surface area contributed by atoms with Crippen LogP contribution < -0.4 is 4.72 Å². The highest BCUT2D eigenvalue weighted by atomic mass is 32.2. The van der Waals surface area contributed by atoms with Crippen molar-refractivity contribution in [3.05, 3.63) is 54.2 Å². The maximum absolute atomic E-state index is 13.1. The van der Waals surface area contributed by atoms with Gasteiger partial charge in [0.15, 0.2) is 0 Å². The van der Waals surface area contributed by atoms with E-state index in [2.05, 4.69) is 14.8 Å². The van der Waals surface area contributed by atoms with Gasteiger partial charge in [0.2, 0.25) is 0 Å². The summed E-state index contributed by atoms with van der Waals surface area (Å²) in [7, 11) is 0. The van der Waals surface area contributed by atoms with Gasteiger partial charge in [0.1, 0.15) is 10.6 Å². The molecule has 2 atom stereocenters. The lowest BCUT2D eigenvalue weighted by Gasteiger charge is -2.26. The molecule has 0 radical (unpaired) electrons. The second-order valence-electron chi connectivity index (χ2n) is 6.92. The molecule has 0 spiro atoms. The summed E-state index contributed by atoms with van der Waals surface area (Å²) >= 11 is -1.17. The minimum atomic E-state index is -1.17. The summed E-state index contributed by atoms with van der Waals surface area (Å²) in [5, 5.41) is 5.29. The van der Waals surface area contributed by atoms with Crippen LogP contribution in [0.3, 0.4) is 0 Å². The first kappa shape index (κ1) is 17.8. The smallest absolute Gasteiger partial charge is 0.136 e. The van der Waals surface area contributed by atoms with E-state index in [-0.39, 0.29) is 16.6 Å². The number of rotatable bonds is 4. The number of pyridine rings is 1. The average Bonchev–Trinajstić information content (AvgIpc) is 2.97. The maximum Gasteiger partial charge on any atom is 0.136 e. The molecule has 5 nitrogen and oxygen atoms in total. The van der Waals surface area contributed by atoms with Crippen LogP contribution in [0.25, 0.3) is 16.6 Å². The number of halogens is 1. The molecule has 3 aromatic rings. The van der Waals surface area contributed by atoms with Gasteiger partial charge in [-0.25, -0.2) is 9.07 Å². The van der Waals surface area contributed by atoms with Crippen LogP contribution in [0.1, 0.15) is 39.4 Å². The number of nitrogens with one attached hydrogen (secondary N) is 1. The van der Waals surface area contributed by atoms with E-state index in [9.17, 15) is 8.94 Å². The summed E-state index contributed by atoms with van der Waals surface area (Å²) < 4.78 is 29.8.